The standard InChI is InChI=1S/C60H63N3/c61-58(56-33-16-21-44-19-7-9-30-53(44)56)41-60(62,51-27-5-2-6-28-51)40-42-35-48-20-8-10-31-54(48)57(36-42)50-26-14-25-49(38-50)55-32-11-12-34-59(55)63-52-29-15-24-47(39-52)46-23-13-22-45(37-46)43-17-3-1-4-18-43/h1-7,9-12,14,16-19,21,24,26-28,30-38,46,49,52,54,57-58,63H,8,13,15,20,22-23,25,29,39-41,61-62H2. The molecule has 5 aliphatic rings. The number of nitrogens with two attached hydrogens (primary N) is 2. The molecule has 0 radical (unpaired) electrons. The summed E-state index contributed by atoms with van der Waals surface area (Å²) in [5, 5.41) is 6.53. The smallest absolute Gasteiger partial charge is 0.0468 e. The van der Waals surface area contributed by atoms with Crippen molar-refractivity contribution in [1.29, 1.82) is 0 Å². The fourth-order valence-corrected chi connectivity index (χ4v) is 11.6. The van der Waals surface area contributed by atoms with Crippen LogP contribution in [0.3, 0.4) is 0 Å². The summed E-state index contributed by atoms with van der Waals surface area (Å²) >= 11 is 0. The van der Waals surface area contributed by atoms with Crippen molar-refractivity contribution in [3.63, 3.8) is 0 Å². The number of hydrogen-bond acceptors (Lipinski definition) is 3. The van der Waals surface area contributed by atoms with Crippen LogP contribution in [0.15, 0.2) is 204 Å². The zero-order chi connectivity index (χ0) is 42.6. The monoisotopic (exact) mass is 826 g/mol. The van der Waals surface area contributed by atoms with Gasteiger partial charge < -0.3 is 16.8 Å². The van der Waals surface area contributed by atoms with Crippen LogP contribution in [0.25, 0.3) is 16.3 Å². The minimum absolute atomic E-state index is 0.217. The third kappa shape index (κ3) is 9.05. The first kappa shape index (κ1) is 41.3. The molecule has 5 N–H and O–H groups in total. The SMILES string of the molecule is NC(CC(N)(CC1=CC(C2=CC(c3ccccc3NC3CCC=C(C4C=C(c5ccccc5)CCC4)C3)CC=C2)C2C=CCCC2=C1)c1ccccc1)c1cccc2ccccc12. The first-order chi connectivity index (χ1) is 31.0. The first-order valence-electron chi connectivity index (χ1n) is 23.8. The first-order valence-corrected chi connectivity index (χ1v) is 23.8. The number of rotatable bonds is 12. The normalized spacial score (nSPS) is 24.8. The molecule has 3 nitrogen and oxygen atoms in total. The van der Waals surface area contributed by atoms with E-state index in [4.69, 9.17) is 11.5 Å². The second kappa shape index (κ2) is 18.5. The molecule has 0 heterocycles. The molecule has 3 heteroatoms. The molecular formula is C60H63N3. The predicted molar refractivity (Wildman–Crippen MR) is 266 cm³/mol. The maximum absolute atomic E-state index is 7.69. The minimum atomic E-state index is -0.655. The van der Waals surface area contributed by atoms with E-state index in [9.17, 15) is 0 Å². The van der Waals surface area contributed by atoms with Gasteiger partial charge >= 0.3 is 0 Å². The van der Waals surface area contributed by atoms with Crippen molar-refractivity contribution in [2.75, 3.05) is 5.32 Å². The molecule has 5 aromatic rings. The van der Waals surface area contributed by atoms with E-state index < -0.39 is 5.54 Å². The summed E-state index contributed by atoms with van der Waals surface area (Å²) in [6.45, 7) is 0. The van der Waals surface area contributed by atoms with E-state index in [2.05, 4.69) is 187 Å². The lowest BCUT2D eigenvalue weighted by molar-refractivity contribution is 0.369. The Morgan fingerprint density at radius 1 is 0.698 bits per heavy atom. The van der Waals surface area contributed by atoms with E-state index in [0.717, 1.165) is 49.7 Å². The van der Waals surface area contributed by atoms with Gasteiger partial charge in [-0.1, -0.05) is 187 Å². The highest BCUT2D eigenvalue weighted by molar-refractivity contribution is 5.86. The molecule has 0 aliphatic heterocycles. The summed E-state index contributed by atoms with van der Waals surface area (Å²) < 4.78 is 0. The van der Waals surface area contributed by atoms with Gasteiger partial charge in [0, 0.05) is 41.1 Å². The number of fused-ring (bicyclic) bond motifs is 2. The highest BCUT2D eigenvalue weighted by Gasteiger charge is 2.36. The molecule has 5 aromatic carbocycles. The van der Waals surface area contributed by atoms with Crippen LogP contribution >= 0.6 is 0 Å². The molecule has 7 atom stereocenters. The second-order valence-corrected chi connectivity index (χ2v) is 19.0. The number of benzene rings is 5. The molecular weight excluding hydrogens is 763 g/mol. The van der Waals surface area contributed by atoms with Crippen LogP contribution in [0.1, 0.15) is 105 Å². The Morgan fingerprint density at radius 2 is 1.49 bits per heavy atom. The van der Waals surface area contributed by atoms with Crippen LogP contribution in [0, 0.1) is 17.8 Å². The van der Waals surface area contributed by atoms with Gasteiger partial charge in [-0.2, -0.15) is 0 Å². The van der Waals surface area contributed by atoms with Gasteiger partial charge in [0.1, 0.15) is 0 Å². The zero-order valence-electron chi connectivity index (χ0n) is 36.7. The Hall–Kier alpha value is -5.74. The Bertz CT molecular complexity index is 2630. The maximum Gasteiger partial charge on any atom is 0.0468 e. The van der Waals surface area contributed by atoms with E-state index >= 15 is 0 Å². The lowest BCUT2D eigenvalue weighted by Crippen LogP contribution is -2.40. The van der Waals surface area contributed by atoms with Crippen molar-refractivity contribution in [1.82, 2.24) is 0 Å². The molecule has 0 aromatic heterocycles. The van der Waals surface area contributed by atoms with Gasteiger partial charge in [0.25, 0.3) is 0 Å². The highest BCUT2D eigenvalue weighted by atomic mass is 14.9. The molecule has 0 fully saturated rings. The van der Waals surface area contributed by atoms with Crippen molar-refractivity contribution < 1.29 is 0 Å². The largest absolute Gasteiger partial charge is 0.382 e. The van der Waals surface area contributed by atoms with Gasteiger partial charge in [-0.25, -0.2) is 0 Å². The summed E-state index contributed by atoms with van der Waals surface area (Å²) in [6, 6.07) is 46.1. The van der Waals surface area contributed by atoms with Gasteiger partial charge in [0.15, 0.2) is 0 Å². The van der Waals surface area contributed by atoms with Crippen molar-refractivity contribution in [2.24, 2.45) is 29.2 Å². The number of anilines is 1. The summed E-state index contributed by atoms with van der Waals surface area (Å²) in [5.74, 6) is 1.45. The highest BCUT2D eigenvalue weighted by Crippen LogP contribution is 2.46. The molecule has 0 saturated carbocycles. The molecule has 5 aliphatic carbocycles. The van der Waals surface area contributed by atoms with Crippen molar-refractivity contribution in [2.45, 2.75) is 94.2 Å². The Balaban J connectivity index is 0.905. The molecule has 318 valence electrons. The molecule has 7 unspecified atom stereocenters. The quantitative estimate of drug-likeness (QED) is 0.110. The van der Waals surface area contributed by atoms with Crippen molar-refractivity contribution >= 4 is 22.0 Å². The lowest BCUT2D eigenvalue weighted by Gasteiger charge is -2.38. The van der Waals surface area contributed by atoms with E-state index in [1.54, 1.807) is 5.57 Å². The average Bonchev–Trinajstić information content (AvgIpc) is 3.34. The minimum Gasteiger partial charge on any atom is -0.382 e. The van der Waals surface area contributed by atoms with E-state index in [1.807, 2.05) is 0 Å². The van der Waals surface area contributed by atoms with Crippen molar-refractivity contribution in [3.8, 4) is 0 Å². The number of allylic oxidation sites excluding steroid dienone is 12. The van der Waals surface area contributed by atoms with Crippen LogP contribution in [0.2, 0.25) is 0 Å². The van der Waals surface area contributed by atoms with Crippen molar-refractivity contribution in [3.05, 3.63) is 227 Å². The molecule has 0 bridgehead atoms. The zero-order valence-corrected chi connectivity index (χ0v) is 36.7. The second-order valence-electron chi connectivity index (χ2n) is 19.0. The van der Waals surface area contributed by atoms with Gasteiger partial charge in [0.2, 0.25) is 0 Å². The Morgan fingerprint density at radius 3 is 2.38 bits per heavy atom. The average molecular weight is 826 g/mol. The van der Waals surface area contributed by atoms with Crippen LogP contribution in [-0.4, -0.2) is 6.04 Å². The van der Waals surface area contributed by atoms with Crippen LogP contribution in [-0.2, 0) is 5.54 Å². The molecule has 10 rings (SSSR count). The summed E-state index contributed by atoms with van der Waals surface area (Å²) in [5.41, 5.74) is 28.0. The third-order valence-electron chi connectivity index (χ3n) is 14.8. The van der Waals surface area contributed by atoms with Gasteiger partial charge in [-0.15, -0.1) is 0 Å². The lowest BCUT2D eigenvalue weighted by atomic mass is 9.69. The Labute approximate surface area is 375 Å². The molecule has 0 amide bonds. The molecule has 0 saturated heterocycles. The fraction of sp³-hybridized carbons (Fsp3) is 0.300. The van der Waals surface area contributed by atoms with E-state index in [1.165, 1.54) is 75.6 Å². The Kier molecular flexibility index (Phi) is 12.1. The van der Waals surface area contributed by atoms with Gasteiger partial charge in [-0.3, -0.25) is 0 Å². The molecule has 63 heavy (non-hydrogen) atoms. The maximum atomic E-state index is 7.69. The number of nitrogens with one attached hydrogen (secondary N) is 1. The number of hydrogen-bond donors (Lipinski definition) is 3. The van der Waals surface area contributed by atoms with Crippen LogP contribution in [0.4, 0.5) is 5.69 Å². The molecule has 0 spiro atoms. The summed E-state index contributed by atoms with van der Waals surface area (Å²) in [7, 11) is 0. The fourth-order valence-electron chi connectivity index (χ4n) is 11.6. The van der Waals surface area contributed by atoms with E-state index in [0.29, 0.717) is 30.2 Å². The topological polar surface area (TPSA) is 64.1 Å². The van der Waals surface area contributed by atoms with Gasteiger partial charge in [-0.05, 0) is 132 Å². The third-order valence-corrected chi connectivity index (χ3v) is 14.8. The van der Waals surface area contributed by atoms with E-state index in [-0.39, 0.29) is 12.0 Å². The summed E-state index contributed by atoms with van der Waals surface area (Å²) in [6.07, 6.45) is 34.2. The number of para-hydroxylation sites is 1. The predicted octanol–water partition coefficient (Wildman–Crippen LogP) is 14.4. The van der Waals surface area contributed by atoms with Gasteiger partial charge in [0.05, 0.1) is 0 Å². The van der Waals surface area contributed by atoms with Crippen LogP contribution in [0.5, 0.6) is 0 Å². The van der Waals surface area contributed by atoms with Crippen LogP contribution < -0.4 is 16.8 Å². The summed E-state index contributed by atoms with van der Waals surface area (Å²) in [4.78, 5) is 0.